The van der Waals surface area contributed by atoms with Crippen molar-refractivity contribution in [3.8, 4) is 11.1 Å². The highest BCUT2D eigenvalue weighted by molar-refractivity contribution is 5.88. The molecule has 0 saturated heterocycles. The zero-order valence-electron chi connectivity index (χ0n) is 16.7. The second-order valence-corrected chi connectivity index (χ2v) is 7.68. The number of hydrogen-bond donors (Lipinski definition) is 2. The van der Waals surface area contributed by atoms with Crippen LogP contribution >= 0.6 is 0 Å². The van der Waals surface area contributed by atoms with E-state index in [-0.39, 0.29) is 5.56 Å². The Labute approximate surface area is 181 Å². The Balaban J connectivity index is 1.70. The van der Waals surface area contributed by atoms with Crippen LogP contribution in [0, 0.1) is 11.6 Å². The molecule has 6 rings (SSSR count). The average molecular weight is 422 g/mol. The highest BCUT2D eigenvalue weighted by Gasteiger charge is 2.15. The minimum absolute atomic E-state index is 0.0698. The molecule has 2 aliphatic rings. The number of halogens is 2. The predicted octanol–water partition coefficient (Wildman–Crippen LogP) is 6.60. The molecule has 0 saturated carbocycles. The fourth-order valence-electron chi connectivity index (χ4n) is 3.98. The molecule has 2 N–H and O–H groups in total. The Morgan fingerprint density at radius 3 is 1.84 bits per heavy atom. The molecule has 0 radical (unpaired) electrons. The van der Waals surface area contributed by atoms with E-state index in [4.69, 9.17) is 0 Å². The van der Waals surface area contributed by atoms with Gasteiger partial charge in [-0.15, -0.1) is 0 Å². The van der Waals surface area contributed by atoms with Gasteiger partial charge in [0.15, 0.2) is 0 Å². The van der Waals surface area contributed by atoms with Crippen molar-refractivity contribution in [2.24, 2.45) is 0 Å². The maximum Gasteiger partial charge on any atom is 0.134 e. The van der Waals surface area contributed by atoms with Gasteiger partial charge in [0.25, 0.3) is 0 Å². The van der Waals surface area contributed by atoms with Gasteiger partial charge in [-0.2, -0.15) is 0 Å². The van der Waals surface area contributed by atoms with E-state index in [2.05, 4.69) is 19.9 Å². The van der Waals surface area contributed by atoms with Crippen LogP contribution in [0.1, 0.15) is 22.8 Å². The fourth-order valence-corrected chi connectivity index (χ4v) is 3.98. The summed E-state index contributed by atoms with van der Waals surface area (Å²) < 4.78 is 29.2. The van der Waals surface area contributed by atoms with E-state index in [0.29, 0.717) is 22.3 Å². The molecule has 154 valence electrons. The summed E-state index contributed by atoms with van der Waals surface area (Å²) in [5.41, 5.74) is 6.49. The average Bonchev–Trinajstić information content (AvgIpc) is 3.54. The first-order valence-electron chi connectivity index (χ1n) is 10.1. The van der Waals surface area contributed by atoms with Crippen molar-refractivity contribution < 1.29 is 8.78 Å². The second kappa shape index (κ2) is 7.13. The van der Waals surface area contributed by atoms with Gasteiger partial charge in [0, 0.05) is 27.6 Å². The van der Waals surface area contributed by atoms with Crippen LogP contribution in [-0.4, -0.2) is 19.9 Å². The van der Waals surface area contributed by atoms with Crippen LogP contribution in [-0.2, 0) is 0 Å². The maximum absolute atomic E-state index is 14.6. The lowest BCUT2D eigenvalue weighted by molar-refractivity contribution is 0.590. The standard InChI is InChI=1S/C26H16F2N4/c27-23-2-1-3-24(28)26(23)22-13-21-12-19-7-6-17(30-19)10-15-4-5-16(29-15)11-18-8-9-20(31-18)14-25(22)32-21/h1-14,30,32H. The Morgan fingerprint density at radius 1 is 0.562 bits per heavy atom. The zero-order valence-corrected chi connectivity index (χ0v) is 16.7. The van der Waals surface area contributed by atoms with Crippen LogP contribution in [0.15, 0.2) is 60.7 Å². The van der Waals surface area contributed by atoms with E-state index in [0.717, 1.165) is 28.1 Å². The molecule has 5 heterocycles. The Kier molecular flexibility index (Phi) is 4.11. The van der Waals surface area contributed by atoms with Gasteiger partial charge in [0.1, 0.15) is 11.6 Å². The molecule has 4 nitrogen and oxygen atoms in total. The molecular formula is C26H16F2N4. The Bertz CT molecular complexity index is 1590. The number of rotatable bonds is 1. The normalized spacial score (nSPS) is 12.4. The Morgan fingerprint density at radius 2 is 1.16 bits per heavy atom. The second-order valence-electron chi connectivity index (χ2n) is 7.68. The highest BCUT2D eigenvalue weighted by Crippen LogP contribution is 2.31. The number of H-pyrrole nitrogens is 2. The lowest BCUT2D eigenvalue weighted by Gasteiger charge is -2.02. The number of benzene rings is 1. The van der Waals surface area contributed by atoms with E-state index in [1.165, 1.54) is 18.2 Å². The molecule has 0 atom stereocenters. The van der Waals surface area contributed by atoms with Crippen molar-refractivity contribution in [2.75, 3.05) is 0 Å². The van der Waals surface area contributed by atoms with Gasteiger partial charge in [-0.25, -0.2) is 18.7 Å². The summed E-state index contributed by atoms with van der Waals surface area (Å²) in [5.74, 6) is -1.23. The molecule has 0 unspecified atom stereocenters. The minimum atomic E-state index is -0.616. The van der Waals surface area contributed by atoms with E-state index in [1.54, 1.807) is 12.1 Å². The number of nitrogens with one attached hydrogen (secondary N) is 2. The molecule has 0 spiro atoms. The van der Waals surface area contributed by atoms with Crippen molar-refractivity contribution in [3.05, 3.63) is 95.1 Å². The molecule has 0 amide bonds. The molecule has 1 aromatic carbocycles. The van der Waals surface area contributed by atoms with Gasteiger partial charge < -0.3 is 9.97 Å². The van der Waals surface area contributed by atoms with Crippen molar-refractivity contribution in [1.29, 1.82) is 0 Å². The number of aromatic amines is 2. The lowest BCUT2D eigenvalue weighted by Crippen LogP contribution is -1.88. The molecule has 0 fully saturated rings. The number of nitrogens with zero attached hydrogens (tertiary/aromatic N) is 2. The third kappa shape index (κ3) is 3.32. The van der Waals surface area contributed by atoms with E-state index in [9.17, 15) is 8.78 Å². The van der Waals surface area contributed by atoms with Crippen LogP contribution in [0.4, 0.5) is 8.78 Å². The first kappa shape index (κ1) is 18.4. The zero-order chi connectivity index (χ0) is 21.7. The van der Waals surface area contributed by atoms with Crippen LogP contribution in [0.25, 0.3) is 57.5 Å². The SMILES string of the molecule is Fc1cccc(F)c1-c1cc2cc3ccc(cc4nc(cc5nc(cc1[nH]2)C=C5)C=C4)[nH]3. The van der Waals surface area contributed by atoms with Gasteiger partial charge in [0.2, 0.25) is 0 Å². The summed E-state index contributed by atoms with van der Waals surface area (Å²) >= 11 is 0. The lowest BCUT2D eigenvalue weighted by atomic mass is 10.1. The van der Waals surface area contributed by atoms with E-state index in [1.807, 2.05) is 54.6 Å². The molecule has 4 aromatic rings. The molecule has 2 aliphatic heterocycles. The van der Waals surface area contributed by atoms with Gasteiger partial charge in [-0.1, -0.05) is 6.07 Å². The smallest absolute Gasteiger partial charge is 0.134 e. The number of fused-ring (bicyclic) bond motifs is 8. The molecule has 8 bridgehead atoms. The van der Waals surface area contributed by atoms with Gasteiger partial charge in [-0.05, 0) is 78.9 Å². The number of hydrogen-bond acceptors (Lipinski definition) is 2. The summed E-state index contributed by atoms with van der Waals surface area (Å²) in [5, 5.41) is 0. The molecule has 6 heteroatoms. The van der Waals surface area contributed by atoms with Crippen LogP contribution < -0.4 is 0 Å². The summed E-state index contributed by atoms with van der Waals surface area (Å²) in [7, 11) is 0. The van der Waals surface area contributed by atoms with Crippen molar-refractivity contribution >= 4 is 46.4 Å². The molecular weight excluding hydrogens is 406 g/mol. The Hall–Kier alpha value is -4.32. The van der Waals surface area contributed by atoms with Crippen LogP contribution in [0.3, 0.4) is 0 Å². The summed E-state index contributed by atoms with van der Waals surface area (Å²) in [6, 6.07) is 17.1. The highest BCUT2D eigenvalue weighted by atomic mass is 19.1. The van der Waals surface area contributed by atoms with Crippen LogP contribution in [0.5, 0.6) is 0 Å². The molecule has 3 aromatic heterocycles. The summed E-state index contributed by atoms with van der Waals surface area (Å²) in [6.07, 6.45) is 7.64. The first-order chi connectivity index (χ1) is 15.6. The van der Waals surface area contributed by atoms with Crippen LogP contribution in [0.2, 0.25) is 0 Å². The minimum Gasteiger partial charge on any atom is -0.355 e. The van der Waals surface area contributed by atoms with Crippen molar-refractivity contribution in [2.45, 2.75) is 0 Å². The largest absolute Gasteiger partial charge is 0.355 e. The van der Waals surface area contributed by atoms with Gasteiger partial charge in [0.05, 0.1) is 28.3 Å². The van der Waals surface area contributed by atoms with Gasteiger partial charge in [-0.3, -0.25) is 0 Å². The molecule has 32 heavy (non-hydrogen) atoms. The summed E-state index contributed by atoms with van der Waals surface area (Å²) in [6.45, 7) is 0. The van der Waals surface area contributed by atoms with Crippen molar-refractivity contribution in [1.82, 2.24) is 19.9 Å². The summed E-state index contributed by atoms with van der Waals surface area (Å²) in [4.78, 5) is 15.8. The number of aromatic nitrogens is 4. The first-order valence-corrected chi connectivity index (χ1v) is 10.1. The molecule has 0 aliphatic carbocycles. The van der Waals surface area contributed by atoms with E-state index < -0.39 is 11.6 Å². The van der Waals surface area contributed by atoms with Gasteiger partial charge >= 0.3 is 0 Å². The third-order valence-corrected chi connectivity index (χ3v) is 5.40. The van der Waals surface area contributed by atoms with Crippen molar-refractivity contribution in [3.63, 3.8) is 0 Å². The maximum atomic E-state index is 14.6. The third-order valence-electron chi connectivity index (χ3n) is 5.40. The predicted molar refractivity (Wildman–Crippen MR) is 124 cm³/mol. The quantitative estimate of drug-likeness (QED) is 0.314. The topological polar surface area (TPSA) is 57.4 Å². The fraction of sp³-hybridized carbons (Fsp3) is 0. The monoisotopic (exact) mass is 422 g/mol. The van der Waals surface area contributed by atoms with E-state index >= 15 is 0 Å².